The molecule has 0 bridgehead atoms. The molecule has 148 valence electrons. The molecule has 0 unspecified atom stereocenters. The van der Waals surface area contributed by atoms with Gasteiger partial charge in [0.2, 0.25) is 0 Å². The third-order valence-corrected chi connectivity index (χ3v) is 12.1. The Balaban J connectivity index is 2.77. The summed E-state index contributed by atoms with van der Waals surface area (Å²) in [7, 11) is -8.41. The highest BCUT2D eigenvalue weighted by Gasteiger charge is 2.50. The van der Waals surface area contributed by atoms with Crippen molar-refractivity contribution < 1.29 is 25.8 Å². The number of halogens is 3. The molecule has 0 atom stereocenters. The van der Waals surface area contributed by atoms with Crippen LogP contribution in [0.15, 0.2) is 54.6 Å². The number of para-hydroxylation sites is 1. The average molecular weight is 417 g/mol. The lowest BCUT2D eigenvalue weighted by molar-refractivity contribution is -0.0499. The fraction of sp³-hybridized carbons (Fsp3) is 0.368. The van der Waals surface area contributed by atoms with E-state index in [4.69, 9.17) is 0 Å². The van der Waals surface area contributed by atoms with Crippen LogP contribution in [0.1, 0.15) is 27.7 Å². The molecule has 0 aliphatic heterocycles. The quantitative estimate of drug-likeness (QED) is 0.401. The van der Waals surface area contributed by atoms with E-state index in [2.05, 4.69) is 4.18 Å². The Labute approximate surface area is 159 Å². The van der Waals surface area contributed by atoms with Gasteiger partial charge in [0.15, 0.2) is 0 Å². The summed E-state index contributed by atoms with van der Waals surface area (Å²) in [5.74, 6) is -0.243. The molecular weight excluding hydrogens is 393 g/mol. The minimum atomic E-state index is -5.74. The normalized spacial score (nSPS) is 13.2. The third kappa shape index (κ3) is 3.91. The van der Waals surface area contributed by atoms with Gasteiger partial charge < -0.3 is 4.18 Å². The third-order valence-electron chi connectivity index (χ3n) is 4.89. The molecule has 3 nitrogen and oxygen atoms in total. The minimum absolute atomic E-state index is 0.0956. The van der Waals surface area contributed by atoms with E-state index in [-0.39, 0.29) is 16.8 Å². The Kier molecular flexibility index (Phi) is 6.11. The van der Waals surface area contributed by atoms with Crippen LogP contribution in [-0.4, -0.2) is 22.0 Å². The van der Waals surface area contributed by atoms with E-state index in [0.717, 1.165) is 5.19 Å². The van der Waals surface area contributed by atoms with Crippen LogP contribution in [0.3, 0.4) is 0 Å². The fourth-order valence-electron chi connectivity index (χ4n) is 3.87. The standard InChI is InChI=1S/C19H23F3O3SSi/c1-14(2)27(15(3)4,16-10-6-5-7-11-16)18-13-9-8-12-17(18)25-26(23,24)19(20,21)22/h5-15H,1-4H3. The summed E-state index contributed by atoms with van der Waals surface area (Å²) >= 11 is 0. The van der Waals surface area contributed by atoms with Crippen molar-refractivity contribution in [2.24, 2.45) is 0 Å². The topological polar surface area (TPSA) is 43.4 Å². The Morgan fingerprint density at radius 3 is 1.81 bits per heavy atom. The van der Waals surface area contributed by atoms with Gasteiger partial charge in [-0.1, -0.05) is 81.4 Å². The maximum Gasteiger partial charge on any atom is 0.534 e. The summed E-state index contributed by atoms with van der Waals surface area (Å²) in [4.78, 5) is 0. The van der Waals surface area contributed by atoms with Crippen molar-refractivity contribution in [2.45, 2.75) is 44.3 Å². The summed E-state index contributed by atoms with van der Waals surface area (Å²) in [6, 6.07) is 15.7. The molecule has 2 aromatic carbocycles. The zero-order valence-electron chi connectivity index (χ0n) is 15.6. The summed E-state index contributed by atoms with van der Waals surface area (Å²) in [6.45, 7) is 8.09. The highest BCUT2D eigenvalue weighted by Crippen LogP contribution is 2.35. The molecule has 8 heteroatoms. The molecule has 0 radical (unpaired) electrons. The number of hydrogen-bond donors (Lipinski definition) is 0. The first kappa shape index (κ1) is 21.5. The number of alkyl halides is 3. The number of hydrogen-bond acceptors (Lipinski definition) is 3. The summed E-state index contributed by atoms with van der Waals surface area (Å²) in [5, 5.41) is 1.57. The smallest absolute Gasteiger partial charge is 0.376 e. The molecular formula is C19H23F3O3SSi. The van der Waals surface area contributed by atoms with Crippen molar-refractivity contribution in [3.05, 3.63) is 54.6 Å². The van der Waals surface area contributed by atoms with Crippen LogP contribution in [0.5, 0.6) is 5.75 Å². The predicted molar refractivity (Wildman–Crippen MR) is 104 cm³/mol. The maximum absolute atomic E-state index is 12.9. The van der Waals surface area contributed by atoms with Gasteiger partial charge in [0.05, 0.1) is 0 Å². The van der Waals surface area contributed by atoms with Gasteiger partial charge >= 0.3 is 15.6 Å². The SMILES string of the molecule is CC(C)[Si](c1ccccc1)(c1ccccc1OS(=O)(=O)C(F)(F)F)C(C)C. The van der Waals surface area contributed by atoms with E-state index in [0.29, 0.717) is 5.19 Å². The second-order valence-corrected chi connectivity index (χ2v) is 13.7. The van der Waals surface area contributed by atoms with Crippen LogP contribution in [0.2, 0.25) is 11.1 Å². The van der Waals surface area contributed by atoms with Gasteiger partial charge in [-0.2, -0.15) is 21.6 Å². The fourth-order valence-corrected chi connectivity index (χ4v) is 10.3. The molecule has 0 aliphatic carbocycles. The minimum Gasteiger partial charge on any atom is -0.376 e. The Morgan fingerprint density at radius 1 is 0.852 bits per heavy atom. The first-order valence-corrected chi connectivity index (χ1v) is 12.2. The van der Waals surface area contributed by atoms with Crippen LogP contribution >= 0.6 is 0 Å². The van der Waals surface area contributed by atoms with Crippen molar-refractivity contribution in [3.8, 4) is 5.75 Å². The summed E-state index contributed by atoms with van der Waals surface area (Å²) < 4.78 is 66.6. The van der Waals surface area contributed by atoms with Gasteiger partial charge in [-0.3, -0.25) is 0 Å². The van der Waals surface area contributed by atoms with Gasteiger partial charge in [0.1, 0.15) is 13.8 Å². The largest absolute Gasteiger partial charge is 0.534 e. The first-order chi connectivity index (χ1) is 12.4. The second-order valence-electron chi connectivity index (χ2n) is 7.02. The Bertz CT molecular complexity index is 871. The lowest BCUT2D eigenvalue weighted by atomic mass is 10.3. The van der Waals surface area contributed by atoms with Gasteiger partial charge in [0.25, 0.3) is 0 Å². The van der Waals surface area contributed by atoms with E-state index in [9.17, 15) is 21.6 Å². The monoisotopic (exact) mass is 416 g/mol. The average Bonchev–Trinajstić information content (AvgIpc) is 2.56. The van der Waals surface area contributed by atoms with Gasteiger partial charge in [0, 0.05) is 0 Å². The number of benzene rings is 2. The lowest BCUT2D eigenvalue weighted by Crippen LogP contribution is -2.63. The summed E-state index contributed by atoms with van der Waals surface area (Å²) in [6.07, 6.45) is 0. The molecule has 0 spiro atoms. The van der Waals surface area contributed by atoms with Crippen LogP contribution in [-0.2, 0) is 10.1 Å². The summed E-state index contributed by atoms with van der Waals surface area (Å²) in [5.41, 5.74) is -5.29. The second kappa shape index (κ2) is 7.67. The van der Waals surface area contributed by atoms with E-state index >= 15 is 0 Å². The Hall–Kier alpha value is -1.80. The van der Waals surface area contributed by atoms with Crippen molar-refractivity contribution >= 4 is 28.6 Å². The van der Waals surface area contributed by atoms with Gasteiger partial charge in [-0.05, 0) is 22.3 Å². The van der Waals surface area contributed by atoms with Gasteiger partial charge in [-0.25, -0.2) is 0 Å². The van der Waals surface area contributed by atoms with Crippen LogP contribution < -0.4 is 14.6 Å². The molecule has 27 heavy (non-hydrogen) atoms. The molecule has 0 N–H and O–H groups in total. The zero-order valence-corrected chi connectivity index (χ0v) is 17.4. The van der Waals surface area contributed by atoms with Crippen molar-refractivity contribution in [1.29, 1.82) is 0 Å². The molecule has 0 aromatic heterocycles. The molecule has 0 heterocycles. The first-order valence-electron chi connectivity index (χ1n) is 8.60. The highest BCUT2D eigenvalue weighted by molar-refractivity contribution is 7.88. The molecule has 0 amide bonds. The zero-order chi connectivity index (χ0) is 20.5. The molecule has 0 saturated heterocycles. The highest BCUT2D eigenvalue weighted by atomic mass is 32.2. The van der Waals surface area contributed by atoms with Crippen LogP contribution in [0, 0.1) is 0 Å². The van der Waals surface area contributed by atoms with Crippen LogP contribution in [0.25, 0.3) is 0 Å². The lowest BCUT2D eigenvalue weighted by Gasteiger charge is -2.41. The van der Waals surface area contributed by atoms with E-state index in [1.807, 2.05) is 58.0 Å². The maximum atomic E-state index is 12.9. The van der Waals surface area contributed by atoms with Crippen molar-refractivity contribution in [3.63, 3.8) is 0 Å². The van der Waals surface area contributed by atoms with E-state index < -0.39 is 23.7 Å². The molecule has 0 fully saturated rings. The molecule has 0 aliphatic rings. The van der Waals surface area contributed by atoms with E-state index in [1.54, 1.807) is 12.1 Å². The Morgan fingerprint density at radius 2 is 1.33 bits per heavy atom. The number of rotatable bonds is 6. The van der Waals surface area contributed by atoms with Crippen molar-refractivity contribution in [1.82, 2.24) is 0 Å². The molecule has 2 aromatic rings. The van der Waals surface area contributed by atoms with E-state index in [1.165, 1.54) is 12.1 Å². The van der Waals surface area contributed by atoms with Crippen molar-refractivity contribution in [2.75, 3.05) is 0 Å². The molecule has 0 saturated carbocycles. The van der Waals surface area contributed by atoms with Crippen LogP contribution in [0.4, 0.5) is 13.2 Å². The van der Waals surface area contributed by atoms with Gasteiger partial charge in [-0.15, -0.1) is 0 Å². The predicted octanol–water partition coefficient (Wildman–Crippen LogP) is 4.30. The molecule has 2 rings (SSSR count).